The van der Waals surface area contributed by atoms with Gasteiger partial charge in [0.2, 0.25) is 0 Å². The third-order valence-corrected chi connectivity index (χ3v) is 4.62. The van der Waals surface area contributed by atoms with Crippen molar-refractivity contribution < 1.29 is 14.3 Å². The van der Waals surface area contributed by atoms with Crippen molar-refractivity contribution >= 4 is 23.7 Å². The van der Waals surface area contributed by atoms with Crippen LogP contribution in [-0.2, 0) is 4.74 Å². The molecule has 3 aliphatic rings. The number of urea groups is 1. The summed E-state index contributed by atoms with van der Waals surface area (Å²) >= 11 is 6.09. The molecule has 0 spiro atoms. The number of halogens is 1. The van der Waals surface area contributed by atoms with E-state index in [9.17, 15) is 9.59 Å². The van der Waals surface area contributed by atoms with E-state index in [4.69, 9.17) is 16.3 Å². The fourth-order valence-corrected chi connectivity index (χ4v) is 3.46. The van der Waals surface area contributed by atoms with Crippen molar-refractivity contribution in [3.05, 3.63) is 35.0 Å². The zero-order valence-corrected chi connectivity index (χ0v) is 15.5. The third-order valence-electron chi connectivity index (χ3n) is 4.37. The van der Waals surface area contributed by atoms with Crippen molar-refractivity contribution in [2.75, 3.05) is 13.1 Å². The Labute approximate surface area is 153 Å². The van der Waals surface area contributed by atoms with Gasteiger partial charge in [0.1, 0.15) is 5.60 Å². The Balaban J connectivity index is 1.65. The van der Waals surface area contributed by atoms with Crippen molar-refractivity contribution in [3.63, 3.8) is 0 Å². The Hall–Kier alpha value is -1.95. The maximum Gasteiger partial charge on any atom is 0.410 e. The highest BCUT2D eigenvalue weighted by Gasteiger charge is 2.35. The molecule has 1 atom stereocenters. The number of hydrogen-bond acceptors (Lipinski definition) is 3. The molecule has 0 aromatic rings. The first-order chi connectivity index (χ1) is 11.7. The van der Waals surface area contributed by atoms with E-state index in [2.05, 4.69) is 5.32 Å². The molecule has 0 saturated carbocycles. The summed E-state index contributed by atoms with van der Waals surface area (Å²) < 4.78 is 5.42. The Bertz CT molecular complexity index is 655. The number of carbonyl (C=O) groups is 2. The minimum atomic E-state index is -0.502. The van der Waals surface area contributed by atoms with E-state index >= 15 is 0 Å². The summed E-state index contributed by atoms with van der Waals surface area (Å²) in [6, 6.07) is -0.249. The number of nitrogens with one attached hydrogen (secondary N) is 1. The number of nitrogens with zero attached hydrogens (tertiary/aromatic N) is 2. The molecule has 1 fully saturated rings. The standard InChI is InChI=1S/C18H24ClN3O3/c1-18(2,3)25-17(24)21-8-6-14(7-9-21)22-15-5-4-12(19)10-13(11-15)20-16(22)23/h4-5,10-11,13-14H,6-9H2,1-3H3,(H,20,23). The van der Waals surface area contributed by atoms with Gasteiger partial charge in [0.05, 0.1) is 6.04 Å². The molecule has 3 amide bonds. The number of piperidine rings is 1. The zero-order chi connectivity index (χ0) is 18.2. The van der Waals surface area contributed by atoms with Gasteiger partial charge >= 0.3 is 12.1 Å². The quantitative estimate of drug-likeness (QED) is 0.775. The highest BCUT2D eigenvalue weighted by Crippen LogP contribution is 2.27. The molecule has 0 radical (unpaired) electrons. The van der Waals surface area contributed by atoms with E-state index in [0.717, 1.165) is 5.70 Å². The maximum atomic E-state index is 12.5. The first-order valence-corrected chi connectivity index (χ1v) is 8.95. The highest BCUT2D eigenvalue weighted by molar-refractivity contribution is 6.31. The van der Waals surface area contributed by atoms with Crippen LogP contribution in [0, 0.1) is 0 Å². The summed E-state index contributed by atoms with van der Waals surface area (Å²) in [5.41, 5.74) is 0.356. The van der Waals surface area contributed by atoms with Gasteiger partial charge in [0.15, 0.2) is 0 Å². The zero-order valence-electron chi connectivity index (χ0n) is 14.8. The third kappa shape index (κ3) is 4.18. The van der Waals surface area contributed by atoms with Gasteiger partial charge in [-0.15, -0.1) is 0 Å². The summed E-state index contributed by atoms with van der Waals surface area (Å²) in [4.78, 5) is 28.2. The van der Waals surface area contributed by atoms with Crippen LogP contribution in [0.3, 0.4) is 0 Å². The second-order valence-corrected chi connectivity index (χ2v) is 7.96. The molecule has 136 valence electrons. The topological polar surface area (TPSA) is 61.9 Å². The number of amides is 3. The summed E-state index contributed by atoms with van der Waals surface area (Å²) in [5, 5.41) is 3.54. The van der Waals surface area contributed by atoms with Gasteiger partial charge in [-0.05, 0) is 57.9 Å². The maximum absolute atomic E-state index is 12.5. The first kappa shape index (κ1) is 17.9. The number of hydrogen-bond donors (Lipinski definition) is 1. The van der Waals surface area contributed by atoms with Crippen molar-refractivity contribution in [2.45, 2.75) is 51.3 Å². The second-order valence-electron chi connectivity index (χ2n) is 7.52. The molecule has 6 nitrogen and oxygen atoms in total. The van der Waals surface area contributed by atoms with E-state index in [0.29, 0.717) is 31.0 Å². The van der Waals surface area contributed by atoms with Gasteiger partial charge in [-0.3, -0.25) is 4.90 Å². The van der Waals surface area contributed by atoms with Crippen LogP contribution in [0.2, 0.25) is 0 Å². The minimum absolute atomic E-state index is 0.0485. The minimum Gasteiger partial charge on any atom is -0.444 e. The predicted octanol–water partition coefficient (Wildman–Crippen LogP) is 3.36. The van der Waals surface area contributed by atoms with E-state index in [1.54, 1.807) is 15.9 Å². The molecule has 2 heterocycles. The van der Waals surface area contributed by atoms with Crippen LogP contribution in [-0.4, -0.2) is 52.7 Å². The lowest BCUT2D eigenvalue weighted by Gasteiger charge is -2.41. The summed E-state index contributed by atoms with van der Waals surface area (Å²) in [7, 11) is 0. The van der Waals surface area contributed by atoms with Gasteiger partial charge in [-0.25, -0.2) is 9.59 Å². The molecule has 2 bridgehead atoms. The molecular weight excluding hydrogens is 342 g/mol. The molecule has 1 aliphatic carbocycles. The largest absolute Gasteiger partial charge is 0.444 e. The molecule has 25 heavy (non-hydrogen) atoms. The lowest BCUT2D eigenvalue weighted by molar-refractivity contribution is 0.0175. The van der Waals surface area contributed by atoms with Gasteiger partial charge in [-0.2, -0.15) is 0 Å². The van der Waals surface area contributed by atoms with E-state index in [1.165, 1.54) is 0 Å². The number of allylic oxidation sites excluding steroid dienone is 3. The number of ether oxygens (including phenoxy) is 1. The molecule has 1 N–H and O–H groups in total. The molecule has 7 heteroatoms. The summed E-state index contributed by atoms with van der Waals surface area (Å²) in [6.45, 7) is 6.72. The van der Waals surface area contributed by atoms with Crippen LogP contribution < -0.4 is 5.32 Å². The van der Waals surface area contributed by atoms with Gasteiger partial charge in [-0.1, -0.05) is 11.6 Å². The number of likely N-dealkylation sites (tertiary alicyclic amines) is 1. The lowest BCUT2D eigenvalue weighted by Crippen LogP contribution is -2.54. The van der Waals surface area contributed by atoms with Crippen LogP contribution in [0.25, 0.3) is 0 Å². The Morgan fingerprint density at radius 3 is 2.56 bits per heavy atom. The monoisotopic (exact) mass is 365 g/mol. The molecule has 0 aromatic carbocycles. The van der Waals surface area contributed by atoms with E-state index in [-0.39, 0.29) is 24.2 Å². The second kappa shape index (κ2) is 6.75. The van der Waals surface area contributed by atoms with Crippen molar-refractivity contribution in [1.29, 1.82) is 0 Å². The van der Waals surface area contributed by atoms with Crippen molar-refractivity contribution in [3.8, 4) is 0 Å². The first-order valence-electron chi connectivity index (χ1n) is 8.58. The number of fused-ring (bicyclic) bond motifs is 1. The van der Waals surface area contributed by atoms with Crippen LogP contribution in [0.4, 0.5) is 9.59 Å². The van der Waals surface area contributed by atoms with Gasteiger partial charge in [0.25, 0.3) is 0 Å². The van der Waals surface area contributed by atoms with E-state index in [1.807, 2.05) is 39.0 Å². The Morgan fingerprint density at radius 1 is 1.24 bits per heavy atom. The van der Waals surface area contributed by atoms with Crippen LogP contribution in [0.5, 0.6) is 0 Å². The average molecular weight is 366 g/mol. The SMILES string of the molecule is CC(C)(C)OC(=O)N1CCC(N2C(=O)NC3C=C(Cl)C=CC2=C3)CC1. The summed E-state index contributed by atoms with van der Waals surface area (Å²) in [6.07, 6.45) is 8.61. The highest BCUT2D eigenvalue weighted by atomic mass is 35.5. The Kier molecular flexibility index (Phi) is 4.82. The Morgan fingerprint density at radius 2 is 1.92 bits per heavy atom. The molecule has 3 rings (SSSR count). The fourth-order valence-electron chi connectivity index (χ4n) is 3.26. The summed E-state index contributed by atoms with van der Waals surface area (Å²) in [5.74, 6) is 0. The van der Waals surface area contributed by atoms with Gasteiger partial charge < -0.3 is 15.0 Å². The van der Waals surface area contributed by atoms with E-state index < -0.39 is 5.60 Å². The van der Waals surface area contributed by atoms with Crippen molar-refractivity contribution in [2.24, 2.45) is 0 Å². The molecule has 1 saturated heterocycles. The van der Waals surface area contributed by atoms with Gasteiger partial charge in [0, 0.05) is 29.9 Å². The smallest absolute Gasteiger partial charge is 0.410 e. The number of carbonyl (C=O) groups excluding carboxylic acids is 2. The van der Waals surface area contributed by atoms with Crippen LogP contribution in [0.15, 0.2) is 35.0 Å². The van der Waals surface area contributed by atoms with Crippen LogP contribution >= 0.6 is 11.6 Å². The fraction of sp³-hybridized carbons (Fsp3) is 0.556. The molecular formula is C18H24ClN3O3. The lowest BCUT2D eigenvalue weighted by atomic mass is 10.0. The molecule has 0 aromatic heterocycles. The van der Waals surface area contributed by atoms with Crippen molar-refractivity contribution in [1.82, 2.24) is 15.1 Å². The molecule has 2 aliphatic heterocycles. The predicted molar refractivity (Wildman–Crippen MR) is 96.1 cm³/mol. The normalized spacial score (nSPS) is 24.3. The number of rotatable bonds is 1. The molecule has 1 unspecified atom stereocenters. The average Bonchev–Trinajstić information content (AvgIpc) is 2.65. The van der Waals surface area contributed by atoms with Crippen LogP contribution in [0.1, 0.15) is 33.6 Å².